The van der Waals surface area contributed by atoms with Crippen molar-refractivity contribution in [2.24, 2.45) is 5.73 Å². The average molecular weight is 303 g/mol. The smallest absolute Gasteiger partial charge is 0.234 e. The minimum atomic E-state index is -0.310. The molecule has 0 spiro atoms. The zero-order valence-corrected chi connectivity index (χ0v) is 13.4. The van der Waals surface area contributed by atoms with Crippen molar-refractivity contribution < 1.29 is 4.79 Å². The van der Waals surface area contributed by atoms with Crippen LogP contribution in [-0.2, 0) is 4.79 Å². The molecule has 1 amide bonds. The monoisotopic (exact) mass is 303 g/mol. The largest absolute Gasteiger partial charge is 0.368 e. The number of amides is 1. The number of aromatic nitrogens is 1. The second-order valence-electron chi connectivity index (χ2n) is 5.09. The molecule has 0 bridgehead atoms. The highest BCUT2D eigenvalue weighted by atomic mass is 32.1. The summed E-state index contributed by atoms with van der Waals surface area (Å²) in [5, 5.41) is 4.29. The fourth-order valence-electron chi connectivity index (χ4n) is 2.29. The van der Waals surface area contributed by atoms with E-state index in [9.17, 15) is 4.79 Å². The lowest BCUT2D eigenvalue weighted by Gasteiger charge is -2.19. The number of carbonyl (C=O) groups excluding carboxylic acids is 1. The lowest BCUT2D eigenvalue weighted by Crippen LogP contribution is -2.41. The summed E-state index contributed by atoms with van der Waals surface area (Å²) in [7, 11) is 0. The quantitative estimate of drug-likeness (QED) is 0.862. The molecule has 2 atom stereocenters. The Morgan fingerprint density at radius 3 is 2.62 bits per heavy atom. The van der Waals surface area contributed by atoms with Gasteiger partial charge in [-0.1, -0.05) is 37.3 Å². The normalized spacial score (nSPS) is 13.9. The topological polar surface area (TPSA) is 68.0 Å². The summed E-state index contributed by atoms with van der Waals surface area (Å²) in [6.07, 6.45) is 0.684. The number of nitrogens with zero attached hydrogens (tertiary/aromatic N) is 1. The molecule has 0 saturated carbocycles. The number of hydrogen-bond acceptors (Lipinski definition) is 4. The summed E-state index contributed by atoms with van der Waals surface area (Å²) in [5.41, 5.74) is 7.51. The molecule has 0 radical (unpaired) electrons. The SMILES string of the molecule is CC[C@@H](N[C@@H](C)c1sc(-c2ccccc2)nc1C)C(N)=O. The highest BCUT2D eigenvalue weighted by Gasteiger charge is 2.20. The zero-order valence-electron chi connectivity index (χ0n) is 12.6. The van der Waals surface area contributed by atoms with Gasteiger partial charge in [-0.25, -0.2) is 4.98 Å². The zero-order chi connectivity index (χ0) is 15.4. The van der Waals surface area contributed by atoms with Crippen molar-refractivity contribution in [1.82, 2.24) is 10.3 Å². The van der Waals surface area contributed by atoms with E-state index in [1.54, 1.807) is 11.3 Å². The van der Waals surface area contributed by atoms with Crippen molar-refractivity contribution in [3.63, 3.8) is 0 Å². The Kier molecular flexibility index (Phi) is 5.09. The van der Waals surface area contributed by atoms with Gasteiger partial charge in [0.15, 0.2) is 0 Å². The second-order valence-corrected chi connectivity index (χ2v) is 6.12. The summed E-state index contributed by atoms with van der Waals surface area (Å²) in [6.45, 7) is 5.99. The van der Waals surface area contributed by atoms with Crippen LogP contribution < -0.4 is 11.1 Å². The van der Waals surface area contributed by atoms with Gasteiger partial charge in [-0.2, -0.15) is 0 Å². The maximum Gasteiger partial charge on any atom is 0.234 e. The van der Waals surface area contributed by atoms with Crippen molar-refractivity contribution in [3.8, 4) is 10.6 Å². The van der Waals surface area contributed by atoms with Gasteiger partial charge in [0.1, 0.15) is 5.01 Å². The molecule has 0 aliphatic heterocycles. The summed E-state index contributed by atoms with van der Waals surface area (Å²) >= 11 is 1.66. The molecule has 2 aromatic rings. The Hall–Kier alpha value is -1.72. The molecule has 0 fully saturated rings. The van der Waals surface area contributed by atoms with E-state index in [1.165, 1.54) is 0 Å². The van der Waals surface area contributed by atoms with Crippen LogP contribution in [0.2, 0.25) is 0 Å². The third kappa shape index (κ3) is 3.68. The molecule has 112 valence electrons. The van der Waals surface area contributed by atoms with Crippen LogP contribution in [0.15, 0.2) is 30.3 Å². The number of aryl methyl sites for hydroxylation is 1. The molecule has 3 N–H and O–H groups in total. The molecule has 0 aliphatic rings. The highest BCUT2D eigenvalue weighted by Crippen LogP contribution is 2.31. The fourth-order valence-corrected chi connectivity index (χ4v) is 3.38. The third-order valence-corrected chi connectivity index (χ3v) is 4.84. The Bertz CT molecular complexity index is 609. The van der Waals surface area contributed by atoms with Gasteiger partial charge >= 0.3 is 0 Å². The Balaban J connectivity index is 2.21. The van der Waals surface area contributed by atoms with Crippen molar-refractivity contribution in [2.75, 3.05) is 0 Å². The van der Waals surface area contributed by atoms with Gasteiger partial charge < -0.3 is 5.73 Å². The van der Waals surface area contributed by atoms with Crippen molar-refractivity contribution in [1.29, 1.82) is 0 Å². The van der Waals surface area contributed by atoms with Gasteiger partial charge in [-0.3, -0.25) is 10.1 Å². The first-order valence-electron chi connectivity index (χ1n) is 7.11. The van der Waals surface area contributed by atoms with Crippen LogP contribution in [-0.4, -0.2) is 16.9 Å². The highest BCUT2D eigenvalue weighted by molar-refractivity contribution is 7.15. The number of hydrogen-bond donors (Lipinski definition) is 2. The molecule has 2 rings (SSSR count). The van der Waals surface area contributed by atoms with Gasteiger partial charge in [0.25, 0.3) is 0 Å². The van der Waals surface area contributed by atoms with Gasteiger partial charge in [0, 0.05) is 16.5 Å². The summed E-state index contributed by atoms with van der Waals surface area (Å²) in [4.78, 5) is 17.1. The molecule has 21 heavy (non-hydrogen) atoms. The molecular formula is C16H21N3OS. The molecule has 0 aliphatic carbocycles. The van der Waals surface area contributed by atoms with Crippen LogP contribution in [0, 0.1) is 6.92 Å². The third-order valence-electron chi connectivity index (χ3n) is 3.45. The Morgan fingerprint density at radius 1 is 1.38 bits per heavy atom. The lowest BCUT2D eigenvalue weighted by atomic mass is 10.1. The first kappa shape index (κ1) is 15.7. The predicted octanol–water partition coefficient (Wildman–Crippen LogP) is 3.03. The molecule has 4 nitrogen and oxygen atoms in total. The van der Waals surface area contributed by atoms with Gasteiger partial charge in [0.05, 0.1) is 11.7 Å². The van der Waals surface area contributed by atoms with Crippen molar-refractivity contribution in [2.45, 2.75) is 39.3 Å². The first-order valence-corrected chi connectivity index (χ1v) is 7.92. The Labute approximate surface area is 129 Å². The van der Waals surface area contributed by atoms with E-state index in [-0.39, 0.29) is 18.0 Å². The van der Waals surface area contributed by atoms with E-state index in [0.717, 1.165) is 21.1 Å². The number of nitrogens with two attached hydrogens (primary N) is 1. The van der Waals surface area contributed by atoms with Gasteiger partial charge in [-0.15, -0.1) is 11.3 Å². The van der Waals surface area contributed by atoms with Crippen LogP contribution in [0.1, 0.15) is 36.9 Å². The van der Waals surface area contributed by atoms with E-state index in [4.69, 9.17) is 5.73 Å². The molecule has 1 aromatic heterocycles. The van der Waals surface area contributed by atoms with Gasteiger partial charge in [-0.05, 0) is 20.3 Å². The molecule has 1 aromatic carbocycles. The maximum atomic E-state index is 11.4. The number of rotatable bonds is 6. The second kappa shape index (κ2) is 6.83. The molecular weight excluding hydrogens is 282 g/mol. The van der Waals surface area contributed by atoms with Crippen molar-refractivity contribution in [3.05, 3.63) is 40.9 Å². The average Bonchev–Trinajstić information content (AvgIpc) is 2.87. The summed E-state index contributed by atoms with van der Waals surface area (Å²) in [5.74, 6) is -0.310. The van der Waals surface area contributed by atoms with Crippen LogP contribution >= 0.6 is 11.3 Å². The number of benzene rings is 1. The van der Waals surface area contributed by atoms with E-state index >= 15 is 0 Å². The Morgan fingerprint density at radius 2 is 2.05 bits per heavy atom. The number of thiazole rings is 1. The molecule has 1 heterocycles. The van der Waals surface area contributed by atoms with Crippen LogP contribution in [0.3, 0.4) is 0 Å². The minimum Gasteiger partial charge on any atom is -0.368 e. The molecule has 0 unspecified atom stereocenters. The summed E-state index contributed by atoms with van der Waals surface area (Å²) < 4.78 is 0. The first-order chi connectivity index (χ1) is 10.0. The molecule has 5 heteroatoms. The van der Waals surface area contributed by atoms with E-state index in [1.807, 2.05) is 39.0 Å². The lowest BCUT2D eigenvalue weighted by molar-refractivity contribution is -0.120. The van der Waals surface area contributed by atoms with Crippen LogP contribution in [0.4, 0.5) is 0 Å². The van der Waals surface area contributed by atoms with Crippen molar-refractivity contribution >= 4 is 17.2 Å². The van der Waals surface area contributed by atoms with Crippen LogP contribution in [0.25, 0.3) is 10.6 Å². The number of carbonyl (C=O) groups is 1. The standard InChI is InChI=1S/C16H21N3OS/c1-4-13(15(17)20)18-10(2)14-11(3)19-16(21-14)12-8-6-5-7-9-12/h5-10,13,18H,4H2,1-3H3,(H2,17,20)/t10-,13+/m0/s1. The van der Waals surface area contributed by atoms with E-state index < -0.39 is 0 Å². The summed E-state index contributed by atoms with van der Waals surface area (Å²) in [6, 6.07) is 9.87. The minimum absolute atomic E-state index is 0.0532. The molecule has 0 saturated heterocycles. The van der Waals surface area contributed by atoms with E-state index in [2.05, 4.69) is 22.4 Å². The fraction of sp³-hybridized carbons (Fsp3) is 0.375. The predicted molar refractivity (Wildman–Crippen MR) is 87.1 cm³/mol. The number of primary amides is 1. The maximum absolute atomic E-state index is 11.4. The van der Waals surface area contributed by atoms with E-state index in [0.29, 0.717) is 6.42 Å². The van der Waals surface area contributed by atoms with Crippen LogP contribution in [0.5, 0.6) is 0 Å². The van der Waals surface area contributed by atoms with Gasteiger partial charge in [0.2, 0.25) is 5.91 Å². The number of nitrogens with one attached hydrogen (secondary N) is 1.